The molecule has 2 aliphatic heterocycles. The fraction of sp³-hybridized carbons (Fsp3) is 0.516. The zero-order valence-electron chi connectivity index (χ0n) is 23.1. The van der Waals surface area contributed by atoms with Gasteiger partial charge in [-0.3, -0.25) is 9.59 Å². The minimum absolute atomic E-state index is 0.00845. The predicted molar refractivity (Wildman–Crippen MR) is 151 cm³/mol. The molecule has 8 nitrogen and oxygen atoms in total. The smallest absolute Gasteiger partial charge is 0.407 e. The molecule has 2 fully saturated rings. The fourth-order valence-corrected chi connectivity index (χ4v) is 5.63. The molecular weight excluding hydrogens is 492 g/mol. The molecule has 0 radical (unpaired) electrons. The van der Waals surface area contributed by atoms with Crippen LogP contribution in [0.3, 0.4) is 0 Å². The van der Waals surface area contributed by atoms with E-state index in [9.17, 15) is 14.4 Å². The number of rotatable bonds is 12. The SMILES string of the molecule is CCCN1C(=O)[C@H](CCCCNC(=O)OCc2ccccc2)NC(=O)C12CCN(CCc1ccccc1)CC2. The Morgan fingerprint density at radius 1 is 0.974 bits per heavy atom. The van der Waals surface area contributed by atoms with Gasteiger partial charge in [0.25, 0.3) is 0 Å². The summed E-state index contributed by atoms with van der Waals surface area (Å²) in [5, 5.41) is 5.83. The number of piperidine rings is 1. The van der Waals surface area contributed by atoms with E-state index in [0.717, 1.165) is 44.5 Å². The first-order chi connectivity index (χ1) is 19.0. The van der Waals surface area contributed by atoms with Gasteiger partial charge in [-0.15, -0.1) is 0 Å². The molecular formula is C31H42N4O4. The first-order valence-corrected chi connectivity index (χ1v) is 14.3. The Labute approximate surface area is 232 Å². The Morgan fingerprint density at radius 2 is 1.64 bits per heavy atom. The number of likely N-dealkylation sites (tertiary alicyclic amines) is 1. The Kier molecular flexibility index (Phi) is 10.4. The van der Waals surface area contributed by atoms with Gasteiger partial charge in [0.2, 0.25) is 11.8 Å². The Bertz CT molecular complexity index is 1070. The zero-order valence-corrected chi connectivity index (χ0v) is 23.1. The highest BCUT2D eigenvalue weighted by atomic mass is 16.5. The number of unbranched alkanes of at least 4 members (excludes halogenated alkanes) is 1. The van der Waals surface area contributed by atoms with Crippen LogP contribution in [0.2, 0.25) is 0 Å². The molecule has 0 bridgehead atoms. The summed E-state index contributed by atoms with van der Waals surface area (Å²) in [7, 11) is 0. The van der Waals surface area contributed by atoms with Crippen molar-refractivity contribution in [3.8, 4) is 0 Å². The number of hydrogen-bond donors (Lipinski definition) is 2. The van der Waals surface area contributed by atoms with Gasteiger partial charge in [-0.1, -0.05) is 67.6 Å². The second kappa shape index (κ2) is 14.1. The molecule has 210 valence electrons. The number of nitrogens with zero attached hydrogens (tertiary/aromatic N) is 2. The van der Waals surface area contributed by atoms with Gasteiger partial charge in [0.15, 0.2) is 0 Å². The summed E-state index contributed by atoms with van der Waals surface area (Å²) in [6.45, 7) is 5.93. The molecule has 2 N–H and O–H groups in total. The lowest BCUT2D eigenvalue weighted by molar-refractivity contribution is -0.161. The number of carbonyl (C=O) groups is 3. The number of carbonyl (C=O) groups excluding carboxylic acids is 3. The summed E-state index contributed by atoms with van der Waals surface area (Å²) < 4.78 is 5.23. The largest absolute Gasteiger partial charge is 0.445 e. The van der Waals surface area contributed by atoms with E-state index in [1.54, 1.807) is 0 Å². The molecule has 39 heavy (non-hydrogen) atoms. The monoisotopic (exact) mass is 534 g/mol. The lowest BCUT2D eigenvalue weighted by Crippen LogP contribution is -2.72. The van der Waals surface area contributed by atoms with E-state index < -0.39 is 17.7 Å². The number of hydrogen-bond acceptors (Lipinski definition) is 5. The van der Waals surface area contributed by atoms with E-state index in [1.165, 1.54) is 5.56 Å². The van der Waals surface area contributed by atoms with Crippen molar-refractivity contribution in [2.24, 2.45) is 0 Å². The third kappa shape index (κ3) is 7.60. The summed E-state index contributed by atoms with van der Waals surface area (Å²) in [4.78, 5) is 43.2. The van der Waals surface area contributed by atoms with Crippen LogP contribution in [-0.4, -0.2) is 72.0 Å². The second-order valence-corrected chi connectivity index (χ2v) is 10.6. The van der Waals surface area contributed by atoms with E-state index in [1.807, 2.05) is 41.3 Å². The molecule has 2 aromatic rings. The number of benzene rings is 2. The highest BCUT2D eigenvalue weighted by Crippen LogP contribution is 2.34. The highest BCUT2D eigenvalue weighted by Gasteiger charge is 2.52. The maximum absolute atomic E-state index is 13.5. The van der Waals surface area contributed by atoms with E-state index in [0.29, 0.717) is 38.8 Å². The van der Waals surface area contributed by atoms with Gasteiger partial charge >= 0.3 is 6.09 Å². The van der Waals surface area contributed by atoms with Crippen molar-refractivity contribution in [2.45, 2.75) is 70.1 Å². The molecule has 8 heteroatoms. The second-order valence-electron chi connectivity index (χ2n) is 10.6. The maximum Gasteiger partial charge on any atom is 0.407 e. The summed E-state index contributed by atoms with van der Waals surface area (Å²) in [6, 6.07) is 19.5. The van der Waals surface area contributed by atoms with Crippen LogP contribution in [0.15, 0.2) is 60.7 Å². The lowest BCUT2D eigenvalue weighted by atomic mass is 9.81. The topological polar surface area (TPSA) is 91.0 Å². The van der Waals surface area contributed by atoms with Crippen molar-refractivity contribution in [2.75, 3.05) is 32.7 Å². The average molecular weight is 535 g/mol. The molecule has 1 atom stereocenters. The Morgan fingerprint density at radius 3 is 2.31 bits per heavy atom. The van der Waals surface area contributed by atoms with E-state index >= 15 is 0 Å². The minimum atomic E-state index is -0.739. The molecule has 2 aliphatic rings. The van der Waals surface area contributed by atoms with Crippen molar-refractivity contribution >= 4 is 17.9 Å². The lowest BCUT2D eigenvalue weighted by Gasteiger charge is -2.51. The van der Waals surface area contributed by atoms with Gasteiger partial charge in [0.1, 0.15) is 18.2 Å². The Balaban J connectivity index is 1.21. The van der Waals surface area contributed by atoms with Crippen molar-refractivity contribution in [3.05, 3.63) is 71.8 Å². The van der Waals surface area contributed by atoms with Crippen molar-refractivity contribution in [3.63, 3.8) is 0 Å². The Hall–Kier alpha value is -3.39. The van der Waals surface area contributed by atoms with Crippen molar-refractivity contribution in [1.29, 1.82) is 0 Å². The van der Waals surface area contributed by atoms with Gasteiger partial charge in [0.05, 0.1) is 0 Å². The molecule has 0 aromatic heterocycles. The molecule has 2 aromatic carbocycles. The number of ether oxygens (including phenoxy) is 1. The third-order valence-electron chi connectivity index (χ3n) is 7.90. The first-order valence-electron chi connectivity index (χ1n) is 14.3. The number of amides is 3. The molecule has 1 spiro atoms. The minimum Gasteiger partial charge on any atom is -0.445 e. The van der Waals surface area contributed by atoms with Gasteiger partial charge in [-0.2, -0.15) is 0 Å². The maximum atomic E-state index is 13.5. The highest BCUT2D eigenvalue weighted by molar-refractivity contribution is 6.00. The van der Waals surface area contributed by atoms with Crippen LogP contribution in [0.5, 0.6) is 0 Å². The van der Waals surface area contributed by atoms with Crippen LogP contribution >= 0.6 is 0 Å². The normalized spacial score (nSPS) is 19.1. The first kappa shape index (κ1) is 28.6. The van der Waals surface area contributed by atoms with Crippen LogP contribution in [0, 0.1) is 0 Å². The van der Waals surface area contributed by atoms with Crippen LogP contribution in [0.1, 0.15) is 56.6 Å². The third-order valence-corrected chi connectivity index (χ3v) is 7.90. The summed E-state index contributed by atoms with van der Waals surface area (Å²) in [5.41, 5.74) is 1.52. The molecule has 0 saturated carbocycles. The van der Waals surface area contributed by atoms with Crippen molar-refractivity contribution in [1.82, 2.24) is 20.4 Å². The van der Waals surface area contributed by atoms with Crippen LogP contribution in [0.25, 0.3) is 0 Å². The summed E-state index contributed by atoms with van der Waals surface area (Å²) in [6.07, 6.45) is 4.67. The summed E-state index contributed by atoms with van der Waals surface area (Å²) >= 11 is 0. The zero-order chi connectivity index (χ0) is 27.5. The van der Waals surface area contributed by atoms with Gasteiger partial charge < -0.3 is 25.2 Å². The van der Waals surface area contributed by atoms with Crippen LogP contribution in [0.4, 0.5) is 4.79 Å². The van der Waals surface area contributed by atoms with Gasteiger partial charge in [0, 0.05) is 32.7 Å². The van der Waals surface area contributed by atoms with Gasteiger partial charge in [-0.05, 0) is 56.1 Å². The van der Waals surface area contributed by atoms with E-state index in [2.05, 4.69) is 46.7 Å². The van der Waals surface area contributed by atoms with Gasteiger partial charge in [-0.25, -0.2) is 4.79 Å². The summed E-state index contributed by atoms with van der Waals surface area (Å²) in [5.74, 6) is 0.0234. The van der Waals surface area contributed by atoms with Crippen molar-refractivity contribution < 1.29 is 19.1 Å². The van der Waals surface area contributed by atoms with E-state index in [-0.39, 0.29) is 18.4 Å². The molecule has 2 saturated heterocycles. The van der Waals surface area contributed by atoms with E-state index in [4.69, 9.17) is 4.74 Å². The number of piperazine rings is 1. The standard InChI is InChI=1S/C31H42N4O4/c1-2-20-35-28(36)27(15-9-10-19-32-30(38)39-24-26-13-7-4-8-14-26)33-29(37)31(35)17-22-34(23-18-31)21-16-25-11-5-3-6-12-25/h3-8,11-14,27H,2,9-10,15-24H2,1H3,(H,32,38)(H,33,37)/t27-/m0/s1. The molecule has 0 aliphatic carbocycles. The molecule has 3 amide bonds. The quantitative estimate of drug-likeness (QED) is 0.403. The predicted octanol–water partition coefficient (Wildman–Crippen LogP) is 3.90. The molecule has 2 heterocycles. The number of nitrogens with one attached hydrogen (secondary N) is 2. The number of alkyl carbamates (subject to hydrolysis) is 1. The van der Waals surface area contributed by atoms with Crippen LogP contribution < -0.4 is 10.6 Å². The average Bonchev–Trinajstić information content (AvgIpc) is 2.97. The van der Waals surface area contributed by atoms with Crippen LogP contribution in [-0.2, 0) is 27.4 Å². The fourth-order valence-electron chi connectivity index (χ4n) is 5.63. The molecule has 4 rings (SSSR count). The molecule has 0 unspecified atom stereocenters.